The second-order valence-electron chi connectivity index (χ2n) is 3.25. The summed E-state index contributed by atoms with van der Waals surface area (Å²) >= 11 is 0. The van der Waals surface area contributed by atoms with Gasteiger partial charge in [0.15, 0.2) is 0 Å². The Kier molecular flexibility index (Phi) is 2.47. The van der Waals surface area contributed by atoms with Crippen LogP contribution in [0.3, 0.4) is 0 Å². The normalized spacial score (nSPS) is 13.3. The highest BCUT2D eigenvalue weighted by Crippen LogP contribution is 2.17. The number of nitrogens with two attached hydrogens (primary N) is 1. The van der Waals surface area contributed by atoms with Gasteiger partial charge in [0, 0.05) is 12.4 Å². The molecule has 4 nitrogen and oxygen atoms in total. The molecule has 1 atom stereocenters. The molecule has 4 heteroatoms. The summed E-state index contributed by atoms with van der Waals surface area (Å²) in [7, 11) is 0. The molecule has 0 saturated heterocycles. The molecule has 2 rings (SSSR count). The van der Waals surface area contributed by atoms with E-state index >= 15 is 0 Å². The number of aliphatic hydroxyl groups is 1. The smallest absolute Gasteiger partial charge is 0.0803 e. The van der Waals surface area contributed by atoms with E-state index in [1.54, 1.807) is 10.7 Å². The van der Waals surface area contributed by atoms with Gasteiger partial charge in [-0.2, -0.15) is 5.10 Å². The topological polar surface area (TPSA) is 63.5 Å². The third-order valence-electron chi connectivity index (χ3n) is 2.25. The highest BCUT2D eigenvalue weighted by atomic mass is 16.3. The van der Waals surface area contributed by atoms with Crippen LogP contribution in [0.2, 0.25) is 0 Å². The molecule has 0 spiro atoms. The Balaban J connectivity index is 2.33. The van der Waals surface area contributed by atoms with E-state index in [2.05, 4.69) is 5.10 Å². The fourth-order valence-electron chi connectivity index (χ4n) is 1.47. The minimum absolute atomic E-state index is 0.472. The number of hydrogen-bond acceptors (Lipinski definition) is 3. The van der Waals surface area contributed by atoms with Crippen LogP contribution in [0.5, 0.6) is 0 Å². The number of aliphatic hydroxyl groups excluding tert-OH is 1. The molecular weight excluding hydrogens is 178 g/mol. The summed E-state index contributed by atoms with van der Waals surface area (Å²) < 4.78 is 1.76. The average Bonchev–Trinajstić information content (AvgIpc) is 2.64. The second-order valence-corrected chi connectivity index (χ2v) is 3.25. The molecule has 0 fully saturated rings. The van der Waals surface area contributed by atoms with E-state index in [0.717, 1.165) is 11.1 Å². The average molecular weight is 191 g/mol. The maximum atomic E-state index is 9.71. The number of hydrogen-bond donors (Lipinski definition) is 2. The summed E-state index contributed by atoms with van der Waals surface area (Å²) in [5.41, 5.74) is 7.26. The number of pyridine rings is 1. The van der Waals surface area contributed by atoms with E-state index < -0.39 is 6.10 Å². The third-order valence-corrected chi connectivity index (χ3v) is 2.25. The van der Waals surface area contributed by atoms with Gasteiger partial charge in [0.2, 0.25) is 0 Å². The molecule has 0 saturated carbocycles. The predicted molar refractivity (Wildman–Crippen MR) is 53.8 cm³/mol. The Morgan fingerprint density at radius 2 is 2.36 bits per heavy atom. The lowest BCUT2D eigenvalue weighted by Crippen LogP contribution is -2.06. The van der Waals surface area contributed by atoms with Crippen LogP contribution in [0.1, 0.15) is 18.1 Å². The molecule has 2 heterocycles. The van der Waals surface area contributed by atoms with Crippen LogP contribution in [0.15, 0.2) is 30.6 Å². The van der Waals surface area contributed by atoms with Crippen LogP contribution in [-0.2, 0) is 0 Å². The van der Waals surface area contributed by atoms with Crippen molar-refractivity contribution >= 4 is 5.52 Å². The van der Waals surface area contributed by atoms with Gasteiger partial charge in [-0.3, -0.25) is 0 Å². The van der Waals surface area contributed by atoms with Gasteiger partial charge >= 0.3 is 0 Å². The van der Waals surface area contributed by atoms with Crippen molar-refractivity contribution in [1.82, 2.24) is 9.61 Å². The predicted octanol–water partition coefficient (Wildman–Crippen LogP) is 0.717. The Hall–Kier alpha value is -1.39. The summed E-state index contributed by atoms with van der Waals surface area (Å²) in [6.45, 7) is 0.492. The quantitative estimate of drug-likeness (QED) is 0.751. The first kappa shape index (κ1) is 9.18. The maximum absolute atomic E-state index is 9.71. The zero-order chi connectivity index (χ0) is 9.97. The number of nitrogens with zero attached hydrogens (tertiary/aromatic N) is 2. The van der Waals surface area contributed by atoms with Crippen molar-refractivity contribution in [3.05, 3.63) is 36.2 Å². The van der Waals surface area contributed by atoms with Crippen LogP contribution < -0.4 is 5.73 Å². The lowest BCUT2D eigenvalue weighted by molar-refractivity contribution is 0.170. The van der Waals surface area contributed by atoms with Crippen LogP contribution in [0.4, 0.5) is 0 Å². The molecule has 3 N–H and O–H groups in total. The molecule has 0 aliphatic rings. The van der Waals surface area contributed by atoms with E-state index in [-0.39, 0.29) is 0 Å². The summed E-state index contributed by atoms with van der Waals surface area (Å²) in [4.78, 5) is 0. The van der Waals surface area contributed by atoms with Crippen molar-refractivity contribution in [2.75, 3.05) is 6.54 Å². The first-order valence-electron chi connectivity index (χ1n) is 4.62. The van der Waals surface area contributed by atoms with Crippen molar-refractivity contribution in [2.45, 2.75) is 12.5 Å². The lowest BCUT2D eigenvalue weighted by atomic mass is 10.1. The molecule has 1 unspecified atom stereocenters. The minimum atomic E-state index is -0.472. The van der Waals surface area contributed by atoms with Crippen molar-refractivity contribution in [3.63, 3.8) is 0 Å². The summed E-state index contributed by atoms with van der Waals surface area (Å²) in [5.74, 6) is 0. The van der Waals surface area contributed by atoms with Crippen LogP contribution in [0.25, 0.3) is 5.52 Å². The fraction of sp³-hybridized carbons (Fsp3) is 0.300. The standard InChI is InChI=1S/C10H13N3O/c11-4-1-10(14)8-3-6-13-9(7-8)2-5-12-13/h2-3,5-7,10,14H,1,4,11H2. The minimum Gasteiger partial charge on any atom is -0.388 e. The number of rotatable bonds is 3. The van der Waals surface area contributed by atoms with Gasteiger partial charge in [0.1, 0.15) is 0 Å². The summed E-state index contributed by atoms with van der Waals surface area (Å²) in [6, 6.07) is 5.69. The Morgan fingerprint density at radius 1 is 1.50 bits per heavy atom. The highest BCUT2D eigenvalue weighted by molar-refractivity contribution is 5.47. The van der Waals surface area contributed by atoms with Gasteiger partial charge in [0.25, 0.3) is 0 Å². The van der Waals surface area contributed by atoms with E-state index in [9.17, 15) is 5.11 Å². The van der Waals surface area contributed by atoms with Gasteiger partial charge in [0.05, 0.1) is 11.6 Å². The fourth-order valence-corrected chi connectivity index (χ4v) is 1.47. The number of fused-ring (bicyclic) bond motifs is 1. The molecular formula is C10H13N3O. The number of aromatic nitrogens is 2. The third kappa shape index (κ3) is 1.62. The largest absolute Gasteiger partial charge is 0.388 e. The van der Waals surface area contributed by atoms with Gasteiger partial charge in [-0.05, 0) is 36.7 Å². The van der Waals surface area contributed by atoms with Crippen molar-refractivity contribution in [2.24, 2.45) is 5.73 Å². The van der Waals surface area contributed by atoms with Crippen LogP contribution >= 0.6 is 0 Å². The SMILES string of the molecule is NCCC(O)c1ccn2nccc2c1. The van der Waals surface area contributed by atoms with Gasteiger partial charge in [-0.25, -0.2) is 4.52 Å². The summed E-state index contributed by atoms with van der Waals surface area (Å²) in [6.07, 6.45) is 3.68. The van der Waals surface area contributed by atoms with E-state index in [4.69, 9.17) is 5.73 Å². The molecule has 14 heavy (non-hydrogen) atoms. The van der Waals surface area contributed by atoms with Gasteiger partial charge in [-0.15, -0.1) is 0 Å². The van der Waals surface area contributed by atoms with E-state index in [1.165, 1.54) is 0 Å². The highest BCUT2D eigenvalue weighted by Gasteiger charge is 2.06. The van der Waals surface area contributed by atoms with Crippen LogP contribution in [0, 0.1) is 0 Å². The first-order chi connectivity index (χ1) is 6.81. The monoisotopic (exact) mass is 191 g/mol. The molecule has 2 aromatic heterocycles. The first-order valence-corrected chi connectivity index (χ1v) is 4.62. The second kappa shape index (κ2) is 3.77. The molecule has 0 aliphatic heterocycles. The zero-order valence-corrected chi connectivity index (χ0v) is 7.80. The Labute approximate surface area is 82.0 Å². The summed E-state index contributed by atoms with van der Waals surface area (Å²) in [5, 5.41) is 13.8. The van der Waals surface area contributed by atoms with Gasteiger partial charge < -0.3 is 10.8 Å². The van der Waals surface area contributed by atoms with E-state index in [0.29, 0.717) is 13.0 Å². The van der Waals surface area contributed by atoms with Gasteiger partial charge in [-0.1, -0.05) is 0 Å². The van der Waals surface area contributed by atoms with Crippen molar-refractivity contribution in [1.29, 1.82) is 0 Å². The molecule has 0 aliphatic carbocycles. The lowest BCUT2D eigenvalue weighted by Gasteiger charge is -2.09. The molecule has 0 aromatic carbocycles. The molecule has 0 amide bonds. The molecule has 2 aromatic rings. The molecule has 74 valence electrons. The molecule has 0 bridgehead atoms. The van der Waals surface area contributed by atoms with E-state index in [1.807, 2.05) is 24.4 Å². The zero-order valence-electron chi connectivity index (χ0n) is 7.80. The van der Waals surface area contributed by atoms with Crippen molar-refractivity contribution in [3.8, 4) is 0 Å². The van der Waals surface area contributed by atoms with Crippen molar-refractivity contribution < 1.29 is 5.11 Å². The van der Waals surface area contributed by atoms with Crippen LogP contribution in [-0.4, -0.2) is 21.3 Å². The Morgan fingerprint density at radius 3 is 3.14 bits per heavy atom. The Bertz CT molecular complexity index is 424. The maximum Gasteiger partial charge on any atom is 0.0803 e. The molecule has 0 radical (unpaired) electrons.